The zero-order valence-electron chi connectivity index (χ0n) is 14.0. The summed E-state index contributed by atoms with van der Waals surface area (Å²) in [6, 6.07) is 10.9. The minimum atomic E-state index is -0.239. The minimum absolute atomic E-state index is 0.146. The Balaban J connectivity index is 1.44. The van der Waals surface area contributed by atoms with Gasteiger partial charge in [0.2, 0.25) is 11.8 Å². The Morgan fingerprint density at radius 1 is 1.15 bits per heavy atom. The van der Waals surface area contributed by atoms with Crippen LogP contribution in [-0.4, -0.2) is 38.7 Å². The number of hydrogen-bond acceptors (Lipinski definition) is 6. The molecule has 0 aliphatic rings. The summed E-state index contributed by atoms with van der Waals surface area (Å²) in [4.78, 5) is 23.8. The molecule has 26 heavy (non-hydrogen) atoms. The highest BCUT2D eigenvalue weighted by Crippen LogP contribution is 2.20. The molecule has 0 bridgehead atoms. The molecule has 3 N–H and O–H groups in total. The molecule has 134 valence electrons. The Bertz CT molecular complexity index is 891. The Morgan fingerprint density at radius 3 is 2.65 bits per heavy atom. The second-order valence-corrected chi connectivity index (χ2v) is 6.45. The number of anilines is 2. The molecular weight excluding hydrogens is 354 g/mol. The fourth-order valence-corrected chi connectivity index (χ4v) is 2.84. The van der Waals surface area contributed by atoms with E-state index in [9.17, 15) is 9.59 Å². The molecule has 2 heterocycles. The third-order valence-electron chi connectivity index (χ3n) is 3.32. The van der Waals surface area contributed by atoms with Crippen LogP contribution < -0.4 is 10.6 Å². The molecule has 0 aliphatic heterocycles. The summed E-state index contributed by atoms with van der Waals surface area (Å²) in [5.41, 5.74) is 2.48. The van der Waals surface area contributed by atoms with E-state index in [0.717, 1.165) is 11.3 Å². The maximum absolute atomic E-state index is 12.0. The van der Waals surface area contributed by atoms with E-state index in [2.05, 4.69) is 26.0 Å². The predicted octanol–water partition coefficient (Wildman–Crippen LogP) is 2.68. The Labute approximate surface area is 153 Å². The van der Waals surface area contributed by atoms with Crippen LogP contribution in [-0.2, 0) is 9.59 Å². The molecular formula is C17H17N5O3S. The van der Waals surface area contributed by atoms with Crippen LogP contribution in [0.2, 0.25) is 0 Å². The second kappa shape index (κ2) is 8.34. The number of aromatic amines is 1. The van der Waals surface area contributed by atoms with Crippen molar-refractivity contribution in [2.75, 3.05) is 22.1 Å². The summed E-state index contributed by atoms with van der Waals surface area (Å²) in [6.07, 6.45) is 1.67. The summed E-state index contributed by atoms with van der Waals surface area (Å²) in [5.74, 6) is 0.879. The molecule has 0 aliphatic carbocycles. The van der Waals surface area contributed by atoms with Gasteiger partial charge in [-0.1, -0.05) is 17.3 Å². The maximum Gasteiger partial charge on any atom is 0.235 e. The molecule has 0 unspecified atom stereocenters. The summed E-state index contributed by atoms with van der Waals surface area (Å²) in [7, 11) is 0. The van der Waals surface area contributed by atoms with E-state index in [1.54, 1.807) is 19.2 Å². The highest BCUT2D eigenvalue weighted by Gasteiger charge is 2.09. The van der Waals surface area contributed by atoms with Gasteiger partial charge in [-0.15, -0.1) is 11.8 Å². The molecule has 9 heteroatoms. The standard InChI is InChI=1S/C17H17N5O3S/c1-11-7-15(22-25-11)20-17(24)10-26-9-16(23)19-13-4-2-3-12(8-13)14-5-6-18-21-14/h2-8H,9-10H2,1H3,(H,18,21)(H,19,23)(H,20,22,24). The number of hydrogen-bond donors (Lipinski definition) is 3. The highest BCUT2D eigenvalue weighted by atomic mass is 32.2. The van der Waals surface area contributed by atoms with Crippen molar-refractivity contribution in [3.05, 3.63) is 48.4 Å². The lowest BCUT2D eigenvalue weighted by Gasteiger charge is -2.07. The zero-order valence-corrected chi connectivity index (χ0v) is 14.8. The largest absolute Gasteiger partial charge is 0.360 e. The van der Waals surface area contributed by atoms with Crippen molar-refractivity contribution < 1.29 is 14.1 Å². The van der Waals surface area contributed by atoms with Gasteiger partial charge in [-0.2, -0.15) is 5.10 Å². The number of aromatic nitrogens is 3. The molecule has 2 aromatic heterocycles. The van der Waals surface area contributed by atoms with E-state index in [-0.39, 0.29) is 23.3 Å². The van der Waals surface area contributed by atoms with E-state index in [4.69, 9.17) is 4.52 Å². The lowest BCUT2D eigenvalue weighted by molar-refractivity contribution is -0.114. The fraction of sp³-hybridized carbons (Fsp3) is 0.176. The summed E-state index contributed by atoms with van der Waals surface area (Å²) < 4.78 is 4.87. The average Bonchev–Trinajstić information content (AvgIpc) is 3.27. The number of rotatable bonds is 7. The Morgan fingerprint density at radius 2 is 1.96 bits per heavy atom. The van der Waals surface area contributed by atoms with Crippen molar-refractivity contribution >= 4 is 35.1 Å². The number of nitrogens with zero attached hydrogens (tertiary/aromatic N) is 2. The van der Waals surface area contributed by atoms with Gasteiger partial charge in [0.15, 0.2) is 5.82 Å². The van der Waals surface area contributed by atoms with Crippen LogP contribution in [0.25, 0.3) is 11.3 Å². The van der Waals surface area contributed by atoms with Crippen LogP contribution in [0.1, 0.15) is 5.76 Å². The number of benzene rings is 1. The topological polar surface area (TPSA) is 113 Å². The van der Waals surface area contributed by atoms with Crippen LogP contribution in [0.15, 0.2) is 47.1 Å². The lowest BCUT2D eigenvalue weighted by Crippen LogP contribution is -2.18. The zero-order chi connectivity index (χ0) is 18.4. The normalized spacial score (nSPS) is 10.5. The van der Waals surface area contributed by atoms with Crippen molar-refractivity contribution in [1.29, 1.82) is 0 Å². The van der Waals surface area contributed by atoms with Crippen molar-refractivity contribution in [3.63, 3.8) is 0 Å². The smallest absolute Gasteiger partial charge is 0.235 e. The van der Waals surface area contributed by atoms with Gasteiger partial charge >= 0.3 is 0 Å². The van der Waals surface area contributed by atoms with Gasteiger partial charge in [-0.25, -0.2) is 0 Å². The average molecular weight is 371 g/mol. The molecule has 3 aromatic rings. The number of nitrogens with one attached hydrogen (secondary N) is 3. The van der Waals surface area contributed by atoms with E-state index < -0.39 is 0 Å². The molecule has 2 amide bonds. The number of H-pyrrole nitrogens is 1. The van der Waals surface area contributed by atoms with E-state index in [0.29, 0.717) is 17.3 Å². The van der Waals surface area contributed by atoms with Gasteiger partial charge in [-0.3, -0.25) is 14.7 Å². The molecule has 8 nitrogen and oxygen atoms in total. The fourth-order valence-electron chi connectivity index (χ4n) is 2.22. The number of amides is 2. The first-order valence-electron chi connectivity index (χ1n) is 7.81. The molecule has 0 fully saturated rings. The van der Waals surface area contributed by atoms with Gasteiger partial charge in [0.1, 0.15) is 5.76 Å². The number of carbonyl (C=O) groups excluding carboxylic acids is 2. The third-order valence-corrected chi connectivity index (χ3v) is 4.25. The summed E-state index contributed by atoms with van der Waals surface area (Å²) in [5, 5.41) is 15.9. The van der Waals surface area contributed by atoms with Crippen LogP contribution in [0.3, 0.4) is 0 Å². The van der Waals surface area contributed by atoms with Crippen molar-refractivity contribution in [2.24, 2.45) is 0 Å². The van der Waals surface area contributed by atoms with Gasteiger partial charge in [0.25, 0.3) is 0 Å². The van der Waals surface area contributed by atoms with Crippen LogP contribution in [0, 0.1) is 6.92 Å². The number of thioether (sulfide) groups is 1. The molecule has 0 saturated heterocycles. The highest BCUT2D eigenvalue weighted by molar-refractivity contribution is 8.00. The van der Waals surface area contributed by atoms with Crippen molar-refractivity contribution in [2.45, 2.75) is 6.92 Å². The van der Waals surface area contributed by atoms with Gasteiger partial charge in [0.05, 0.1) is 17.2 Å². The second-order valence-electron chi connectivity index (χ2n) is 5.46. The lowest BCUT2D eigenvalue weighted by atomic mass is 10.1. The molecule has 0 radical (unpaired) electrons. The Kier molecular flexibility index (Phi) is 5.69. The molecule has 3 rings (SSSR count). The van der Waals surface area contributed by atoms with Gasteiger partial charge in [-0.05, 0) is 25.1 Å². The van der Waals surface area contributed by atoms with Crippen molar-refractivity contribution in [1.82, 2.24) is 15.4 Å². The predicted molar refractivity (Wildman–Crippen MR) is 99.8 cm³/mol. The summed E-state index contributed by atoms with van der Waals surface area (Å²) >= 11 is 1.22. The molecule has 0 saturated carbocycles. The van der Waals surface area contributed by atoms with Gasteiger partial charge in [0, 0.05) is 23.5 Å². The first kappa shape index (κ1) is 17.7. The van der Waals surface area contributed by atoms with E-state index in [1.807, 2.05) is 30.3 Å². The molecule has 1 aromatic carbocycles. The third kappa shape index (κ3) is 4.96. The van der Waals surface area contributed by atoms with Crippen LogP contribution in [0.4, 0.5) is 11.5 Å². The van der Waals surface area contributed by atoms with Crippen LogP contribution in [0.5, 0.6) is 0 Å². The first-order valence-corrected chi connectivity index (χ1v) is 8.96. The van der Waals surface area contributed by atoms with Crippen molar-refractivity contribution in [3.8, 4) is 11.3 Å². The minimum Gasteiger partial charge on any atom is -0.360 e. The summed E-state index contributed by atoms with van der Waals surface area (Å²) in [6.45, 7) is 1.74. The van der Waals surface area contributed by atoms with Crippen LogP contribution >= 0.6 is 11.8 Å². The molecule has 0 spiro atoms. The Hall–Kier alpha value is -3.07. The number of aryl methyl sites for hydroxylation is 1. The quantitative estimate of drug-likeness (QED) is 0.588. The maximum atomic E-state index is 12.0. The van der Waals surface area contributed by atoms with Gasteiger partial charge < -0.3 is 15.2 Å². The number of carbonyl (C=O) groups is 2. The monoisotopic (exact) mass is 371 g/mol. The SMILES string of the molecule is Cc1cc(NC(=O)CSCC(=O)Nc2cccc(-c3ccn[nH]3)c2)no1. The molecule has 0 atom stereocenters. The van der Waals surface area contributed by atoms with E-state index >= 15 is 0 Å². The van der Waals surface area contributed by atoms with E-state index in [1.165, 1.54) is 11.8 Å². The first-order chi connectivity index (χ1) is 12.6.